The molecule has 3 aromatic rings. The molecule has 0 aliphatic rings. The van der Waals surface area contributed by atoms with Crippen LogP contribution in [0.25, 0.3) is 0 Å². The van der Waals surface area contributed by atoms with Gasteiger partial charge in [-0.3, -0.25) is 38.6 Å². The molecule has 13 N–H and O–H groups in total. The van der Waals surface area contributed by atoms with Crippen LogP contribution in [-0.2, 0) is 52.8 Å². The van der Waals surface area contributed by atoms with Gasteiger partial charge in [0.1, 0.15) is 30.2 Å². The Morgan fingerprint density at radius 3 is 1.47 bits per heavy atom. The third-order valence-electron chi connectivity index (χ3n) is 9.51. The number of nitrogens with two attached hydrogens (primary N) is 3. The van der Waals surface area contributed by atoms with Crippen molar-refractivity contribution in [1.82, 2.24) is 36.8 Å². The van der Waals surface area contributed by atoms with Crippen LogP contribution in [0.3, 0.4) is 0 Å². The lowest BCUT2D eigenvalue weighted by atomic mass is 10.0. The molecule has 0 aliphatic heterocycles. The van der Waals surface area contributed by atoms with E-state index in [1.54, 1.807) is 104 Å². The lowest BCUT2D eigenvalue weighted by Gasteiger charge is -2.27. The maximum Gasteiger partial charge on any atom is 0.245 e. The summed E-state index contributed by atoms with van der Waals surface area (Å²) in [6.07, 6.45) is 1.03. The van der Waals surface area contributed by atoms with E-state index in [0.29, 0.717) is 36.5 Å². The van der Waals surface area contributed by atoms with Crippen LogP contribution in [0.5, 0.6) is 0 Å². The zero-order valence-corrected chi connectivity index (χ0v) is 35.0. The number of nitrogens with zero attached hydrogens (tertiary/aromatic N) is 2. The quantitative estimate of drug-likeness (QED) is 0.0246. The van der Waals surface area contributed by atoms with Gasteiger partial charge in [-0.2, -0.15) is 0 Å². The van der Waals surface area contributed by atoms with Crippen molar-refractivity contribution in [3.05, 3.63) is 108 Å². The smallest absolute Gasteiger partial charge is 0.245 e. The Bertz CT molecular complexity index is 1950. The number of aliphatic hydroxyl groups is 1. The van der Waals surface area contributed by atoms with Crippen molar-refractivity contribution in [1.29, 1.82) is 0 Å². The summed E-state index contributed by atoms with van der Waals surface area (Å²) in [5.41, 5.74) is 18.9. The second-order valence-electron chi connectivity index (χ2n) is 14.6. The van der Waals surface area contributed by atoms with E-state index >= 15 is 0 Å². The van der Waals surface area contributed by atoms with E-state index in [4.69, 9.17) is 17.2 Å². The first kappa shape index (κ1) is 49.5. The number of hydrogen-bond donors (Lipinski definition) is 10. The van der Waals surface area contributed by atoms with E-state index in [-0.39, 0.29) is 32.2 Å². The number of amides is 7. The zero-order chi connectivity index (χ0) is 45.4. The largest absolute Gasteiger partial charge is 0.394 e. The molecule has 3 aromatic carbocycles. The number of aliphatic imine (C=N–C) groups is 1. The number of aliphatic hydroxyl groups excluding tert-OH is 1. The van der Waals surface area contributed by atoms with Crippen molar-refractivity contribution in [2.24, 2.45) is 22.2 Å². The molecule has 5 atom stereocenters. The van der Waals surface area contributed by atoms with Gasteiger partial charge >= 0.3 is 0 Å². The van der Waals surface area contributed by atoms with Crippen molar-refractivity contribution < 1.29 is 38.7 Å². The highest BCUT2D eigenvalue weighted by Gasteiger charge is 2.32. The first-order valence-electron chi connectivity index (χ1n) is 20.2. The average molecular weight is 858 g/mol. The summed E-state index contributed by atoms with van der Waals surface area (Å²) in [5.74, 6) is -4.99. The third-order valence-corrected chi connectivity index (χ3v) is 9.51. The van der Waals surface area contributed by atoms with Gasteiger partial charge in [0.2, 0.25) is 41.4 Å². The number of nitrogens with one attached hydrogen (secondary N) is 6. The zero-order valence-electron chi connectivity index (χ0n) is 35.0. The molecule has 0 saturated heterocycles. The number of carbonyl (C=O) groups is 7. The molecule has 19 heteroatoms. The molecule has 0 heterocycles. The molecule has 334 valence electrons. The normalized spacial score (nSPS) is 13.5. The molecule has 7 amide bonds. The highest BCUT2D eigenvalue weighted by Crippen LogP contribution is 2.10. The number of unbranched alkanes of at least 4 members (excludes halogenated alkanes) is 1. The number of benzene rings is 3. The van der Waals surface area contributed by atoms with Gasteiger partial charge in [-0.1, -0.05) is 91.0 Å². The van der Waals surface area contributed by atoms with Crippen molar-refractivity contribution in [2.75, 3.05) is 40.3 Å². The van der Waals surface area contributed by atoms with Crippen LogP contribution in [0.4, 0.5) is 0 Å². The molecule has 3 rings (SSSR count). The van der Waals surface area contributed by atoms with Crippen LogP contribution in [0, 0.1) is 0 Å². The molecule has 62 heavy (non-hydrogen) atoms. The Balaban J connectivity index is 1.85. The summed E-state index contributed by atoms with van der Waals surface area (Å²) in [6.45, 7) is -1.37. The van der Waals surface area contributed by atoms with Gasteiger partial charge in [0, 0.05) is 39.9 Å². The molecule has 0 saturated carbocycles. The van der Waals surface area contributed by atoms with E-state index in [1.165, 1.54) is 0 Å². The Morgan fingerprint density at radius 1 is 0.581 bits per heavy atom. The second kappa shape index (κ2) is 26.4. The molecule has 0 unspecified atom stereocenters. The van der Waals surface area contributed by atoms with E-state index in [2.05, 4.69) is 36.9 Å². The van der Waals surface area contributed by atoms with Gasteiger partial charge in [0.05, 0.1) is 19.7 Å². The second-order valence-corrected chi connectivity index (χ2v) is 14.6. The summed E-state index contributed by atoms with van der Waals surface area (Å²) >= 11 is 0. The van der Waals surface area contributed by atoms with E-state index < -0.39 is 84.7 Å². The van der Waals surface area contributed by atoms with Crippen LogP contribution in [0.2, 0.25) is 0 Å². The van der Waals surface area contributed by atoms with Gasteiger partial charge in [0.15, 0.2) is 5.96 Å². The van der Waals surface area contributed by atoms with Crippen molar-refractivity contribution in [2.45, 2.75) is 68.7 Å². The van der Waals surface area contributed by atoms with Crippen LogP contribution in [-0.4, -0.2) is 128 Å². The molecule has 0 radical (unpaired) electrons. The number of rotatable bonds is 25. The highest BCUT2D eigenvalue weighted by atomic mass is 16.3. The molecule has 0 bridgehead atoms. The lowest BCUT2D eigenvalue weighted by Crippen LogP contribution is -2.60. The Kier molecular flexibility index (Phi) is 21.1. The van der Waals surface area contributed by atoms with Crippen molar-refractivity contribution in [3.8, 4) is 0 Å². The summed E-state index contributed by atoms with van der Waals surface area (Å²) in [6, 6.07) is 19.9. The Labute approximate surface area is 361 Å². The minimum absolute atomic E-state index is 0.0111. The summed E-state index contributed by atoms with van der Waals surface area (Å²) < 4.78 is 0. The van der Waals surface area contributed by atoms with E-state index in [1.807, 2.05) is 6.07 Å². The maximum absolute atomic E-state index is 14.2. The average Bonchev–Trinajstić information content (AvgIpc) is 3.26. The monoisotopic (exact) mass is 857 g/mol. The van der Waals surface area contributed by atoms with Crippen LogP contribution >= 0.6 is 0 Å². The Hall–Kier alpha value is -6.86. The van der Waals surface area contributed by atoms with Gasteiger partial charge in [-0.05, 0) is 36.0 Å². The summed E-state index contributed by atoms with van der Waals surface area (Å²) in [4.78, 5) is 98.3. The fourth-order valence-corrected chi connectivity index (χ4v) is 6.03. The molecule has 0 aromatic heterocycles. The van der Waals surface area contributed by atoms with Crippen molar-refractivity contribution >= 4 is 47.3 Å². The van der Waals surface area contributed by atoms with Gasteiger partial charge < -0.3 is 59.1 Å². The van der Waals surface area contributed by atoms with Gasteiger partial charge in [-0.15, -0.1) is 0 Å². The topological polar surface area (TPSA) is 306 Å². The molecular weight excluding hydrogens is 799 g/mol. The van der Waals surface area contributed by atoms with Crippen molar-refractivity contribution in [3.63, 3.8) is 0 Å². The minimum Gasteiger partial charge on any atom is -0.394 e. The third kappa shape index (κ3) is 17.8. The molecule has 0 fully saturated rings. The number of carbonyl (C=O) groups excluding carboxylic acids is 7. The molecular formula is C43H59N11O8. The summed E-state index contributed by atoms with van der Waals surface area (Å²) in [5, 5.41) is 25.7. The maximum atomic E-state index is 14.2. The minimum atomic E-state index is -1.59. The number of primary amides is 1. The first-order chi connectivity index (χ1) is 29.7. The molecule has 0 spiro atoms. The first-order valence-corrected chi connectivity index (χ1v) is 20.2. The predicted molar refractivity (Wildman–Crippen MR) is 232 cm³/mol. The van der Waals surface area contributed by atoms with Gasteiger partial charge in [0.25, 0.3) is 0 Å². The fraction of sp³-hybridized carbons (Fsp3) is 0.395. The standard InChI is InChI=1S/C43H59N11O8/c1-54(2)43(46)47-21-13-12-20-31(39(59)51-32(38(45)58)22-28-14-6-3-7-15-28)50-41(61)34(24-30-18-10-5-11-19-30)52-42(62)35(27-55)53-40(60)33(23-29-16-8-4-9-17-29)49-37(57)26-48-36(56)25-44/h3-11,14-19,31-35,55H,12-13,20-27,44H2,1-2H3,(H2,45,58)(H2,46,47)(H,48,56)(H,49,57)(H,50,61)(H,51,59)(H,52,62)(H,53,60)/t31-,32-,33-,34-,35-/m0/s1. The van der Waals surface area contributed by atoms with Gasteiger partial charge in [-0.25, -0.2) is 0 Å². The fourth-order valence-electron chi connectivity index (χ4n) is 6.03. The predicted octanol–water partition coefficient (Wildman–Crippen LogP) is -2.26. The van der Waals surface area contributed by atoms with Crippen LogP contribution in [0.1, 0.15) is 36.0 Å². The van der Waals surface area contributed by atoms with E-state index in [9.17, 15) is 38.7 Å². The number of guanidine groups is 1. The lowest BCUT2D eigenvalue weighted by molar-refractivity contribution is -0.135. The molecule has 0 aliphatic carbocycles. The summed E-state index contributed by atoms with van der Waals surface area (Å²) in [7, 11) is 3.50. The molecule has 19 nitrogen and oxygen atoms in total. The van der Waals surface area contributed by atoms with E-state index in [0.717, 1.165) is 5.56 Å². The van der Waals surface area contributed by atoms with Crippen LogP contribution < -0.4 is 49.1 Å². The number of hydrogen-bond acceptors (Lipinski definition) is 10. The van der Waals surface area contributed by atoms with Crippen LogP contribution in [0.15, 0.2) is 96.0 Å². The Morgan fingerprint density at radius 2 is 1.00 bits per heavy atom. The SMILES string of the molecule is CN(C)C(N)=NCCCC[C@H](NC(=O)[C@H](Cc1ccccc1)NC(=O)[C@H](CO)NC(=O)[C@H](Cc1ccccc1)NC(=O)CNC(=O)CN)C(=O)N[C@@H](Cc1ccccc1)C(N)=O. The highest BCUT2D eigenvalue weighted by molar-refractivity contribution is 5.97.